The number of piperidine rings is 1. The Labute approximate surface area is 161 Å². The number of amides is 3. The largest absolute Gasteiger partial charge is 0.351 e. The van der Waals surface area contributed by atoms with Crippen LogP contribution in [0.5, 0.6) is 0 Å². The second kappa shape index (κ2) is 8.00. The standard InChI is InChI=1S/C17H22F2N4O4S/c18-13-4-1-5-14(19)15(13)28(26,27)23-9-7-21(8-10-23)16(24)12-3-2-6-22(11-12)17(20)25/h1,4-5,12H,2-3,6-11H2,(H2,20,25)/t12-/m0/s1. The number of piperazine rings is 1. The van der Waals surface area contributed by atoms with Crippen LogP contribution >= 0.6 is 0 Å². The van der Waals surface area contributed by atoms with Crippen molar-refractivity contribution in [3.8, 4) is 0 Å². The number of carbonyl (C=O) groups excluding carboxylic acids is 2. The summed E-state index contributed by atoms with van der Waals surface area (Å²) in [4.78, 5) is 26.0. The minimum absolute atomic E-state index is 0.0614. The molecule has 0 aliphatic carbocycles. The Morgan fingerprint density at radius 3 is 2.18 bits per heavy atom. The van der Waals surface area contributed by atoms with Crippen LogP contribution in [0, 0.1) is 17.6 Å². The molecule has 1 aromatic carbocycles. The first-order valence-electron chi connectivity index (χ1n) is 8.99. The highest BCUT2D eigenvalue weighted by molar-refractivity contribution is 7.89. The Morgan fingerprint density at radius 2 is 1.61 bits per heavy atom. The van der Waals surface area contributed by atoms with Gasteiger partial charge in [-0.1, -0.05) is 6.07 Å². The van der Waals surface area contributed by atoms with Gasteiger partial charge in [0.1, 0.15) is 11.6 Å². The van der Waals surface area contributed by atoms with E-state index in [1.54, 1.807) is 0 Å². The highest BCUT2D eigenvalue weighted by Gasteiger charge is 2.36. The Balaban J connectivity index is 1.66. The molecule has 0 bridgehead atoms. The predicted octanol–water partition coefficient (Wildman–Crippen LogP) is 0.588. The van der Waals surface area contributed by atoms with Crippen LogP contribution in [-0.2, 0) is 14.8 Å². The third-order valence-corrected chi connectivity index (χ3v) is 7.10. The normalized spacial score (nSPS) is 21.6. The van der Waals surface area contributed by atoms with E-state index in [1.165, 1.54) is 9.80 Å². The van der Waals surface area contributed by atoms with Gasteiger partial charge in [0.15, 0.2) is 4.90 Å². The molecule has 1 aromatic rings. The molecular weight excluding hydrogens is 394 g/mol. The number of benzene rings is 1. The molecule has 0 saturated carbocycles. The van der Waals surface area contributed by atoms with Crippen molar-refractivity contribution in [2.45, 2.75) is 17.7 Å². The van der Waals surface area contributed by atoms with E-state index in [9.17, 15) is 26.8 Å². The second-order valence-corrected chi connectivity index (χ2v) is 8.78. The SMILES string of the molecule is NC(=O)N1CCC[C@H](C(=O)N2CCN(S(=O)(=O)c3c(F)cccc3F)CC2)C1. The third kappa shape index (κ3) is 3.95. The average Bonchev–Trinajstić information content (AvgIpc) is 2.67. The van der Waals surface area contributed by atoms with Gasteiger partial charge < -0.3 is 15.5 Å². The van der Waals surface area contributed by atoms with Gasteiger partial charge >= 0.3 is 6.03 Å². The summed E-state index contributed by atoms with van der Waals surface area (Å²) in [5.41, 5.74) is 5.28. The van der Waals surface area contributed by atoms with Crippen LogP contribution in [-0.4, -0.2) is 73.7 Å². The maximum atomic E-state index is 13.9. The van der Waals surface area contributed by atoms with E-state index in [4.69, 9.17) is 5.73 Å². The van der Waals surface area contributed by atoms with Crippen LogP contribution in [0.4, 0.5) is 13.6 Å². The lowest BCUT2D eigenvalue weighted by Gasteiger charge is -2.38. The highest BCUT2D eigenvalue weighted by Crippen LogP contribution is 2.25. The van der Waals surface area contributed by atoms with Gasteiger partial charge in [-0.05, 0) is 25.0 Å². The predicted molar refractivity (Wildman–Crippen MR) is 95.6 cm³/mol. The molecule has 0 radical (unpaired) electrons. The van der Waals surface area contributed by atoms with E-state index in [0.29, 0.717) is 19.4 Å². The maximum Gasteiger partial charge on any atom is 0.314 e. The minimum Gasteiger partial charge on any atom is -0.351 e. The first-order valence-corrected chi connectivity index (χ1v) is 10.4. The molecule has 0 spiro atoms. The number of hydrogen-bond acceptors (Lipinski definition) is 4. The van der Waals surface area contributed by atoms with Crippen molar-refractivity contribution in [1.82, 2.24) is 14.1 Å². The Morgan fingerprint density at radius 1 is 1.00 bits per heavy atom. The molecule has 2 fully saturated rings. The lowest BCUT2D eigenvalue weighted by atomic mass is 9.96. The van der Waals surface area contributed by atoms with E-state index in [-0.39, 0.29) is 44.5 Å². The second-order valence-electron chi connectivity index (χ2n) is 6.90. The van der Waals surface area contributed by atoms with Crippen molar-refractivity contribution in [3.63, 3.8) is 0 Å². The lowest BCUT2D eigenvalue weighted by molar-refractivity contribution is -0.138. The summed E-state index contributed by atoms with van der Waals surface area (Å²) in [5.74, 6) is -2.84. The number of nitrogens with two attached hydrogens (primary N) is 1. The van der Waals surface area contributed by atoms with Gasteiger partial charge in [-0.2, -0.15) is 4.31 Å². The first kappa shape index (κ1) is 20.5. The number of hydrogen-bond donors (Lipinski definition) is 1. The molecular formula is C17H22F2N4O4S. The molecule has 0 aromatic heterocycles. The van der Waals surface area contributed by atoms with Crippen LogP contribution in [0.15, 0.2) is 23.1 Å². The molecule has 1 atom stereocenters. The van der Waals surface area contributed by atoms with Crippen molar-refractivity contribution in [3.05, 3.63) is 29.8 Å². The molecule has 8 nitrogen and oxygen atoms in total. The molecule has 2 N–H and O–H groups in total. The van der Waals surface area contributed by atoms with Gasteiger partial charge in [0, 0.05) is 39.3 Å². The number of urea groups is 1. The molecule has 28 heavy (non-hydrogen) atoms. The monoisotopic (exact) mass is 416 g/mol. The zero-order valence-corrected chi connectivity index (χ0v) is 16.0. The fraction of sp³-hybridized carbons (Fsp3) is 0.529. The van der Waals surface area contributed by atoms with Crippen molar-refractivity contribution >= 4 is 22.0 Å². The zero-order chi connectivity index (χ0) is 20.5. The quantitative estimate of drug-likeness (QED) is 0.779. The molecule has 154 valence electrons. The molecule has 0 unspecified atom stereocenters. The van der Waals surface area contributed by atoms with Gasteiger partial charge in [0.2, 0.25) is 15.9 Å². The van der Waals surface area contributed by atoms with Crippen LogP contribution in [0.2, 0.25) is 0 Å². The summed E-state index contributed by atoms with van der Waals surface area (Å²) >= 11 is 0. The number of primary amides is 1. The van der Waals surface area contributed by atoms with Crippen LogP contribution in [0.25, 0.3) is 0 Å². The van der Waals surface area contributed by atoms with Gasteiger partial charge in [0.25, 0.3) is 0 Å². The summed E-state index contributed by atoms with van der Waals surface area (Å²) in [7, 11) is -4.34. The molecule has 2 aliphatic rings. The van der Waals surface area contributed by atoms with Crippen molar-refractivity contribution in [1.29, 1.82) is 0 Å². The van der Waals surface area contributed by atoms with Crippen LogP contribution < -0.4 is 5.73 Å². The van der Waals surface area contributed by atoms with Gasteiger partial charge in [-0.25, -0.2) is 22.0 Å². The van der Waals surface area contributed by atoms with Crippen molar-refractivity contribution in [2.24, 2.45) is 11.7 Å². The number of rotatable bonds is 3. The molecule has 2 aliphatic heterocycles. The van der Waals surface area contributed by atoms with E-state index >= 15 is 0 Å². The third-order valence-electron chi connectivity index (χ3n) is 5.15. The summed E-state index contributed by atoms with van der Waals surface area (Å²) in [6.45, 7) is 0.858. The first-order chi connectivity index (χ1) is 13.2. The van der Waals surface area contributed by atoms with Crippen LogP contribution in [0.3, 0.4) is 0 Å². The van der Waals surface area contributed by atoms with Crippen molar-refractivity contribution in [2.75, 3.05) is 39.3 Å². The van der Waals surface area contributed by atoms with E-state index in [0.717, 1.165) is 22.5 Å². The number of halogens is 2. The van der Waals surface area contributed by atoms with E-state index in [1.807, 2.05) is 0 Å². The number of nitrogens with zero attached hydrogens (tertiary/aromatic N) is 3. The summed E-state index contributed by atoms with van der Waals surface area (Å²) in [5, 5.41) is 0. The molecule has 3 rings (SSSR count). The van der Waals surface area contributed by atoms with E-state index < -0.39 is 32.6 Å². The number of likely N-dealkylation sites (tertiary alicyclic amines) is 1. The van der Waals surface area contributed by atoms with Crippen LogP contribution in [0.1, 0.15) is 12.8 Å². The highest BCUT2D eigenvalue weighted by atomic mass is 32.2. The maximum absolute atomic E-state index is 13.9. The number of carbonyl (C=O) groups is 2. The smallest absolute Gasteiger partial charge is 0.314 e. The summed E-state index contributed by atoms with van der Waals surface area (Å²) in [6, 6.07) is 2.31. The fourth-order valence-corrected chi connectivity index (χ4v) is 5.18. The Kier molecular flexibility index (Phi) is 5.84. The van der Waals surface area contributed by atoms with E-state index in [2.05, 4.69) is 0 Å². The molecule has 3 amide bonds. The Bertz CT molecular complexity index is 852. The lowest BCUT2D eigenvalue weighted by Crippen LogP contribution is -2.54. The molecule has 2 saturated heterocycles. The zero-order valence-electron chi connectivity index (χ0n) is 15.2. The van der Waals surface area contributed by atoms with Gasteiger partial charge in [-0.3, -0.25) is 4.79 Å². The van der Waals surface area contributed by atoms with Crippen molar-refractivity contribution < 1.29 is 26.8 Å². The number of sulfonamides is 1. The van der Waals surface area contributed by atoms with Gasteiger partial charge in [-0.15, -0.1) is 0 Å². The Hall–Kier alpha value is -2.27. The fourth-order valence-electron chi connectivity index (χ4n) is 3.64. The molecule has 2 heterocycles. The van der Waals surface area contributed by atoms with Gasteiger partial charge in [0.05, 0.1) is 5.92 Å². The minimum atomic E-state index is -4.34. The summed E-state index contributed by atoms with van der Waals surface area (Å²) in [6.07, 6.45) is 1.29. The summed E-state index contributed by atoms with van der Waals surface area (Å²) < 4.78 is 54.0. The molecule has 11 heteroatoms. The topological polar surface area (TPSA) is 104 Å². The average molecular weight is 416 g/mol.